The van der Waals surface area contributed by atoms with E-state index in [9.17, 15) is 5.26 Å². The van der Waals surface area contributed by atoms with Gasteiger partial charge in [-0.05, 0) is 41.3 Å². The monoisotopic (exact) mass is 426 g/mol. The Labute approximate surface area is 182 Å². The summed E-state index contributed by atoms with van der Waals surface area (Å²) in [5.74, 6) is 0.705. The lowest BCUT2D eigenvalue weighted by Gasteiger charge is -2.27. The molecule has 2 aromatic carbocycles. The first-order valence-electron chi connectivity index (χ1n) is 9.23. The second kappa shape index (κ2) is 10.3. The first-order valence-corrected chi connectivity index (χ1v) is 10.1. The van der Waals surface area contributed by atoms with Gasteiger partial charge < -0.3 is 4.74 Å². The van der Waals surface area contributed by atoms with Gasteiger partial charge in [0, 0.05) is 17.8 Å². The molecule has 0 aliphatic heterocycles. The average molecular weight is 427 g/mol. The van der Waals surface area contributed by atoms with Gasteiger partial charge in [0.05, 0.1) is 16.5 Å². The minimum Gasteiger partial charge on any atom is -0.489 e. The van der Waals surface area contributed by atoms with Crippen LogP contribution >= 0.6 is 23.2 Å². The minimum absolute atomic E-state index is 0.294. The number of allylic oxidation sites excluding steroid dienone is 2. The van der Waals surface area contributed by atoms with Crippen LogP contribution in [-0.4, -0.2) is 18.7 Å². The van der Waals surface area contributed by atoms with Crippen molar-refractivity contribution in [3.63, 3.8) is 0 Å². The Hall–Kier alpha value is -2.54. The number of alkyl halides is 1. The summed E-state index contributed by atoms with van der Waals surface area (Å²) in [6.07, 6.45) is 5.30. The molecule has 0 saturated carbocycles. The first kappa shape index (κ1) is 22.7. The molecule has 29 heavy (non-hydrogen) atoms. The number of nitriles is 1. The summed E-state index contributed by atoms with van der Waals surface area (Å²) in [5, 5.41) is 9.96. The van der Waals surface area contributed by atoms with Gasteiger partial charge in [0.1, 0.15) is 12.7 Å². The number of halogens is 2. The van der Waals surface area contributed by atoms with Crippen LogP contribution in [0.3, 0.4) is 0 Å². The predicted molar refractivity (Wildman–Crippen MR) is 123 cm³/mol. The zero-order chi connectivity index (χ0) is 21.4. The smallest absolute Gasteiger partial charge is 0.155 e. The number of ether oxygens (including phenoxy) is 1. The van der Waals surface area contributed by atoms with Crippen molar-refractivity contribution >= 4 is 35.0 Å². The Bertz CT molecular complexity index is 968. The summed E-state index contributed by atoms with van der Waals surface area (Å²) in [4.78, 5) is 4.10. The number of aliphatic imine (C=N–C) groups is 1. The third-order valence-corrected chi connectivity index (χ3v) is 5.21. The van der Waals surface area contributed by atoms with Gasteiger partial charge in [0.2, 0.25) is 0 Å². The fraction of sp³-hybridized carbons (Fsp3) is 0.250. The molecule has 0 bridgehead atoms. The molecule has 2 rings (SSSR count). The van der Waals surface area contributed by atoms with Crippen LogP contribution in [0.5, 0.6) is 5.75 Å². The van der Waals surface area contributed by atoms with E-state index >= 15 is 0 Å². The van der Waals surface area contributed by atoms with E-state index in [4.69, 9.17) is 27.9 Å². The molecule has 0 fully saturated rings. The largest absolute Gasteiger partial charge is 0.489 e. The van der Waals surface area contributed by atoms with Crippen molar-refractivity contribution in [3.05, 3.63) is 82.5 Å². The second-order valence-electron chi connectivity index (χ2n) is 6.89. The molecule has 0 saturated heterocycles. The van der Waals surface area contributed by atoms with E-state index in [0.717, 1.165) is 22.3 Å². The van der Waals surface area contributed by atoms with Gasteiger partial charge in [0.15, 0.2) is 5.75 Å². The molecule has 0 N–H and O–H groups in total. The number of hydrogen-bond donors (Lipinski definition) is 0. The van der Waals surface area contributed by atoms with Crippen LogP contribution < -0.4 is 4.74 Å². The van der Waals surface area contributed by atoms with E-state index < -0.39 is 0 Å². The first-order chi connectivity index (χ1) is 13.9. The molecular formula is C24H24Cl2N2O. The van der Waals surface area contributed by atoms with Crippen molar-refractivity contribution < 1.29 is 4.74 Å². The molecule has 0 spiro atoms. The highest BCUT2D eigenvalue weighted by Crippen LogP contribution is 2.38. The van der Waals surface area contributed by atoms with Crippen molar-refractivity contribution in [2.75, 3.05) is 12.5 Å². The van der Waals surface area contributed by atoms with Crippen molar-refractivity contribution in [2.24, 2.45) is 4.99 Å². The van der Waals surface area contributed by atoms with E-state index in [0.29, 0.717) is 28.8 Å². The van der Waals surface area contributed by atoms with Gasteiger partial charge in [-0.1, -0.05) is 62.4 Å². The third kappa shape index (κ3) is 5.29. The van der Waals surface area contributed by atoms with E-state index in [1.807, 2.05) is 25.1 Å². The third-order valence-electron chi connectivity index (χ3n) is 4.78. The average Bonchev–Trinajstić information content (AvgIpc) is 2.73. The highest BCUT2D eigenvalue weighted by Gasteiger charge is 2.26. The summed E-state index contributed by atoms with van der Waals surface area (Å²) in [5.41, 5.74) is 4.17. The van der Waals surface area contributed by atoms with Crippen LogP contribution in [0.1, 0.15) is 43.0 Å². The lowest BCUT2D eigenvalue weighted by atomic mass is 9.77. The number of nitrogens with zero attached hydrogens (tertiary/aromatic N) is 2. The fourth-order valence-electron chi connectivity index (χ4n) is 3.02. The summed E-state index contributed by atoms with van der Waals surface area (Å²) in [6, 6.07) is 14.2. The van der Waals surface area contributed by atoms with E-state index in [1.54, 1.807) is 6.21 Å². The molecule has 5 heteroatoms. The molecule has 3 nitrogen and oxygen atoms in total. The van der Waals surface area contributed by atoms with Gasteiger partial charge >= 0.3 is 0 Å². The Morgan fingerprint density at radius 3 is 2.48 bits per heavy atom. The van der Waals surface area contributed by atoms with Crippen LogP contribution in [0.25, 0.3) is 5.57 Å². The molecule has 0 atom stereocenters. The maximum absolute atomic E-state index is 9.55. The molecule has 0 aliphatic rings. The van der Waals surface area contributed by atoms with Crippen LogP contribution in [0.4, 0.5) is 0 Å². The molecule has 0 radical (unpaired) electrons. The Balaban J connectivity index is 2.42. The Morgan fingerprint density at radius 1 is 1.24 bits per heavy atom. The zero-order valence-electron chi connectivity index (χ0n) is 16.9. The summed E-state index contributed by atoms with van der Waals surface area (Å²) in [6.45, 7) is 10.1. The number of benzene rings is 2. The van der Waals surface area contributed by atoms with Crippen molar-refractivity contribution in [3.8, 4) is 11.8 Å². The van der Waals surface area contributed by atoms with E-state index in [2.05, 4.69) is 55.8 Å². The second-order valence-corrected chi connectivity index (χ2v) is 7.68. The topological polar surface area (TPSA) is 45.4 Å². The summed E-state index contributed by atoms with van der Waals surface area (Å²) < 4.78 is 5.56. The molecule has 0 amide bonds. The van der Waals surface area contributed by atoms with Gasteiger partial charge in [-0.15, -0.1) is 11.6 Å². The maximum atomic E-state index is 9.55. The van der Waals surface area contributed by atoms with Crippen LogP contribution in [-0.2, 0) is 5.41 Å². The van der Waals surface area contributed by atoms with Crippen molar-refractivity contribution in [1.29, 1.82) is 5.26 Å². The Morgan fingerprint density at radius 2 is 1.93 bits per heavy atom. The van der Waals surface area contributed by atoms with Gasteiger partial charge in [0.25, 0.3) is 0 Å². The normalized spacial score (nSPS) is 12.1. The zero-order valence-corrected chi connectivity index (χ0v) is 18.4. The molecule has 0 aromatic heterocycles. The van der Waals surface area contributed by atoms with Gasteiger partial charge in [-0.2, -0.15) is 5.26 Å². The van der Waals surface area contributed by atoms with Crippen LogP contribution in [0.15, 0.2) is 60.2 Å². The highest BCUT2D eigenvalue weighted by molar-refractivity contribution is 6.32. The molecule has 0 unspecified atom stereocenters. The number of hydrogen-bond acceptors (Lipinski definition) is 3. The van der Waals surface area contributed by atoms with E-state index in [-0.39, 0.29) is 5.41 Å². The van der Waals surface area contributed by atoms with Gasteiger partial charge in [-0.25, -0.2) is 0 Å². The van der Waals surface area contributed by atoms with Crippen molar-refractivity contribution in [1.82, 2.24) is 0 Å². The fourth-order valence-corrected chi connectivity index (χ4v) is 3.37. The summed E-state index contributed by atoms with van der Waals surface area (Å²) >= 11 is 12.1. The molecule has 2 aromatic rings. The summed E-state index contributed by atoms with van der Waals surface area (Å²) in [7, 11) is 0. The molecule has 150 valence electrons. The lowest BCUT2D eigenvalue weighted by Crippen LogP contribution is -2.19. The van der Waals surface area contributed by atoms with Crippen molar-refractivity contribution in [2.45, 2.75) is 26.2 Å². The number of rotatable bonds is 8. The van der Waals surface area contributed by atoms with Gasteiger partial charge in [-0.3, -0.25) is 4.99 Å². The highest BCUT2D eigenvalue weighted by atomic mass is 35.5. The van der Waals surface area contributed by atoms with Crippen LogP contribution in [0.2, 0.25) is 5.02 Å². The minimum atomic E-state index is -0.357. The Kier molecular flexibility index (Phi) is 8.08. The maximum Gasteiger partial charge on any atom is 0.155 e. The molecular weight excluding hydrogens is 403 g/mol. The SMILES string of the molecule is C=CN=C/C(=C\C)c1ccc(C(C)(C)c2cc(Cl)c(OCCCl)c(C#N)c2)cc1. The van der Waals surface area contributed by atoms with Crippen LogP contribution in [0, 0.1) is 11.3 Å². The predicted octanol–water partition coefficient (Wildman–Crippen LogP) is 6.77. The lowest BCUT2D eigenvalue weighted by molar-refractivity contribution is 0.341. The van der Waals surface area contributed by atoms with E-state index in [1.165, 1.54) is 6.20 Å². The quantitative estimate of drug-likeness (QED) is 0.345. The standard InChI is InChI=1S/C24H24Cl2N2O/c1-5-17(16-28-6-2)18-7-9-20(10-8-18)24(3,4)21-13-19(15-27)23(22(26)14-21)29-12-11-25/h5-10,13-14,16H,2,11-12H2,1,3-4H3/b17-5+,28-16?. The molecule has 0 heterocycles. The molecule has 0 aliphatic carbocycles.